The Morgan fingerprint density at radius 1 is 1.10 bits per heavy atom. The molecule has 31 heavy (non-hydrogen) atoms. The summed E-state index contributed by atoms with van der Waals surface area (Å²) < 4.78 is 7.79. The number of hydrogen-bond acceptors (Lipinski definition) is 4. The molecule has 0 radical (unpaired) electrons. The Kier molecular flexibility index (Phi) is 6.08. The van der Waals surface area contributed by atoms with Gasteiger partial charge in [-0.2, -0.15) is 0 Å². The normalized spacial score (nSPS) is 17.0. The van der Waals surface area contributed by atoms with E-state index in [0.29, 0.717) is 0 Å². The third-order valence-electron chi connectivity index (χ3n) is 6.76. The summed E-state index contributed by atoms with van der Waals surface area (Å²) in [4.78, 5) is 8.66. The zero-order valence-electron chi connectivity index (χ0n) is 19.8. The fraction of sp³-hybridized carbons (Fsp3) is 0.520. The number of benzene rings is 1. The standard InChI is InChI=1S/C25H34N3OS2/c1-8-30-31-15-21-16(2)22(29-7)9-12-28(21)23-26-19-13-17-18(14-20(19)27-23)25(5,6)11-10-24(17,3)4/h9,12-14H,8,10-11,15H2,1-7H3,(H,26,27)/q+1. The summed E-state index contributed by atoms with van der Waals surface area (Å²) in [6, 6.07) is 6.70. The summed E-state index contributed by atoms with van der Waals surface area (Å²) in [5, 5.41) is 0. The number of nitrogens with zero attached hydrogens (tertiary/aromatic N) is 2. The van der Waals surface area contributed by atoms with Crippen LogP contribution in [0.1, 0.15) is 69.8 Å². The molecule has 0 spiro atoms. The number of H-pyrrole nitrogens is 1. The van der Waals surface area contributed by atoms with Gasteiger partial charge >= 0.3 is 5.95 Å². The number of aromatic nitrogens is 3. The van der Waals surface area contributed by atoms with Crippen molar-refractivity contribution in [3.8, 4) is 11.7 Å². The summed E-state index contributed by atoms with van der Waals surface area (Å²) in [6.07, 6.45) is 4.49. The second-order valence-electron chi connectivity index (χ2n) is 9.74. The molecule has 0 saturated carbocycles. The molecule has 166 valence electrons. The van der Waals surface area contributed by atoms with Crippen molar-refractivity contribution in [2.24, 2.45) is 0 Å². The Labute approximate surface area is 194 Å². The molecule has 0 amide bonds. The molecular weight excluding hydrogens is 422 g/mol. The Morgan fingerprint density at radius 3 is 2.42 bits per heavy atom. The minimum Gasteiger partial charge on any atom is -0.496 e. The number of imidazole rings is 1. The average Bonchev–Trinajstić information content (AvgIpc) is 3.15. The summed E-state index contributed by atoms with van der Waals surface area (Å²) in [5.74, 6) is 3.78. The number of hydrogen-bond donors (Lipinski definition) is 1. The quantitative estimate of drug-likeness (QED) is 0.264. The Morgan fingerprint density at radius 2 is 1.77 bits per heavy atom. The van der Waals surface area contributed by atoms with Gasteiger partial charge in [0.1, 0.15) is 17.0 Å². The third kappa shape index (κ3) is 4.09. The predicted octanol–water partition coefficient (Wildman–Crippen LogP) is 6.41. The maximum atomic E-state index is 5.60. The first-order valence-electron chi connectivity index (χ1n) is 11.1. The minimum absolute atomic E-state index is 0.182. The highest BCUT2D eigenvalue weighted by molar-refractivity contribution is 8.76. The van der Waals surface area contributed by atoms with Crippen molar-refractivity contribution in [2.75, 3.05) is 12.9 Å². The van der Waals surface area contributed by atoms with E-state index in [2.05, 4.69) is 69.4 Å². The zero-order chi connectivity index (χ0) is 22.4. The maximum Gasteiger partial charge on any atom is 0.402 e. The predicted molar refractivity (Wildman–Crippen MR) is 134 cm³/mol. The van der Waals surface area contributed by atoms with E-state index in [9.17, 15) is 0 Å². The molecule has 1 aromatic carbocycles. The van der Waals surface area contributed by atoms with Crippen molar-refractivity contribution in [3.63, 3.8) is 0 Å². The number of nitrogens with one attached hydrogen (secondary N) is 1. The number of fused-ring (bicyclic) bond motifs is 2. The molecule has 0 unspecified atom stereocenters. The summed E-state index contributed by atoms with van der Waals surface area (Å²) in [6.45, 7) is 13.8. The summed E-state index contributed by atoms with van der Waals surface area (Å²) in [5.41, 5.74) is 7.81. The fourth-order valence-corrected chi connectivity index (χ4v) is 6.43. The van der Waals surface area contributed by atoms with Crippen LogP contribution in [0.4, 0.5) is 0 Å². The molecule has 3 aromatic rings. The van der Waals surface area contributed by atoms with Crippen LogP contribution in [0.25, 0.3) is 17.0 Å². The van der Waals surface area contributed by atoms with Gasteiger partial charge in [0, 0.05) is 17.4 Å². The van der Waals surface area contributed by atoms with E-state index in [0.717, 1.165) is 39.8 Å². The van der Waals surface area contributed by atoms with E-state index >= 15 is 0 Å². The molecule has 1 aliphatic rings. The molecule has 4 rings (SSSR count). The van der Waals surface area contributed by atoms with Crippen LogP contribution in [0.2, 0.25) is 0 Å². The van der Waals surface area contributed by atoms with Crippen molar-refractivity contribution in [3.05, 3.63) is 46.8 Å². The molecule has 2 heterocycles. The Hall–Kier alpha value is -1.66. The number of methoxy groups -OCH3 is 1. The lowest BCUT2D eigenvalue weighted by Gasteiger charge is -2.41. The first-order chi connectivity index (χ1) is 14.7. The molecule has 0 aliphatic heterocycles. The monoisotopic (exact) mass is 456 g/mol. The molecule has 0 bridgehead atoms. The SMILES string of the molecule is CCSSCc1c(C)c(OC)cc[n+]1-c1nc2cc3c(cc2[nH]1)C(C)(C)CCC3(C)C. The van der Waals surface area contributed by atoms with Crippen LogP contribution in [0.15, 0.2) is 24.4 Å². The molecular formula is C25H34N3OS2+. The minimum atomic E-state index is 0.182. The second kappa shape index (κ2) is 8.36. The Bertz CT molecular complexity index is 1060. The van der Waals surface area contributed by atoms with Gasteiger partial charge < -0.3 is 4.74 Å². The number of pyridine rings is 1. The second-order valence-corrected chi connectivity index (χ2v) is 12.5. The van der Waals surface area contributed by atoms with Crippen LogP contribution in [-0.2, 0) is 16.6 Å². The van der Waals surface area contributed by atoms with E-state index in [-0.39, 0.29) is 10.8 Å². The molecule has 1 aliphatic carbocycles. The topological polar surface area (TPSA) is 41.8 Å². The Balaban J connectivity index is 1.85. The van der Waals surface area contributed by atoms with Gasteiger partial charge in [0.15, 0.2) is 5.52 Å². The first-order valence-corrected chi connectivity index (χ1v) is 13.5. The lowest BCUT2D eigenvalue weighted by atomic mass is 9.63. The van der Waals surface area contributed by atoms with Gasteiger partial charge in [-0.05, 0) is 53.9 Å². The smallest absolute Gasteiger partial charge is 0.402 e. The largest absolute Gasteiger partial charge is 0.496 e. The highest BCUT2D eigenvalue weighted by Crippen LogP contribution is 2.46. The number of ether oxygens (including phenoxy) is 1. The van der Waals surface area contributed by atoms with E-state index in [1.54, 1.807) is 7.11 Å². The maximum absolute atomic E-state index is 5.60. The van der Waals surface area contributed by atoms with Gasteiger partial charge in [-0.1, -0.05) is 61.2 Å². The third-order valence-corrected chi connectivity index (χ3v) is 9.11. The molecule has 4 nitrogen and oxygen atoms in total. The molecule has 2 aromatic heterocycles. The van der Waals surface area contributed by atoms with Crippen LogP contribution in [0, 0.1) is 6.92 Å². The van der Waals surface area contributed by atoms with E-state index in [1.165, 1.54) is 29.7 Å². The first kappa shape index (κ1) is 22.5. The lowest BCUT2D eigenvalue weighted by molar-refractivity contribution is -0.610. The van der Waals surface area contributed by atoms with Crippen molar-refractivity contribution in [1.29, 1.82) is 0 Å². The fourth-order valence-electron chi connectivity index (χ4n) is 4.63. The van der Waals surface area contributed by atoms with Crippen molar-refractivity contribution < 1.29 is 9.30 Å². The molecule has 1 N–H and O–H groups in total. The van der Waals surface area contributed by atoms with Crippen LogP contribution in [0.5, 0.6) is 5.75 Å². The highest BCUT2D eigenvalue weighted by Gasteiger charge is 2.38. The number of aromatic amines is 1. The van der Waals surface area contributed by atoms with Crippen LogP contribution < -0.4 is 9.30 Å². The van der Waals surface area contributed by atoms with Gasteiger partial charge in [-0.15, -0.1) is 0 Å². The van der Waals surface area contributed by atoms with E-state index in [1.807, 2.05) is 27.7 Å². The van der Waals surface area contributed by atoms with Crippen LogP contribution in [0.3, 0.4) is 0 Å². The van der Waals surface area contributed by atoms with Crippen molar-refractivity contribution in [2.45, 2.75) is 71.0 Å². The van der Waals surface area contributed by atoms with Crippen LogP contribution >= 0.6 is 21.6 Å². The van der Waals surface area contributed by atoms with Gasteiger partial charge in [0.25, 0.3) is 0 Å². The van der Waals surface area contributed by atoms with Crippen LogP contribution in [-0.4, -0.2) is 22.8 Å². The number of rotatable bonds is 6. The van der Waals surface area contributed by atoms with Crippen molar-refractivity contribution in [1.82, 2.24) is 9.97 Å². The molecule has 6 heteroatoms. The van der Waals surface area contributed by atoms with E-state index in [4.69, 9.17) is 9.72 Å². The zero-order valence-corrected chi connectivity index (χ0v) is 21.4. The molecule has 0 fully saturated rings. The molecule has 0 atom stereocenters. The lowest BCUT2D eigenvalue weighted by Crippen LogP contribution is -2.37. The summed E-state index contributed by atoms with van der Waals surface area (Å²) in [7, 11) is 5.49. The van der Waals surface area contributed by atoms with E-state index < -0.39 is 0 Å². The van der Waals surface area contributed by atoms with Gasteiger partial charge in [0.2, 0.25) is 0 Å². The van der Waals surface area contributed by atoms with Gasteiger partial charge in [0.05, 0.1) is 19.1 Å². The van der Waals surface area contributed by atoms with Crippen molar-refractivity contribution >= 4 is 32.6 Å². The van der Waals surface area contributed by atoms with Gasteiger partial charge in [-0.25, -0.2) is 9.55 Å². The highest BCUT2D eigenvalue weighted by atomic mass is 33.1. The molecule has 0 saturated heterocycles. The summed E-state index contributed by atoms with van der Waals surface area (Å²) >= 11 is 0. The average molecular weight is 457 g/mol. The van der Waals surface area contributed by atoms with Gasteiger partial charge in [-0.3, -0.25) is 0 Å².